The second-order valence-corrected chi connectivity index (χ2v) is 2.59. The third-order valence-corrected chi connectivity index (χ3v) is 1.74. The Kier molecular flexibility index (Phi) is 2.39. The van der Waals surface area contributed by atoms with Gasteiger partial charge in [0.2, 0.25) is 0 Å². The molecule has 0 fully saturated rings. The molecular weight excluding hydrogens is 132 g/mol. The number of aliphatic imine (C=N–C) groups is 1. The molecule has 1 heterocycles. The van der Waals surface area contributed by atoms with Crippen molar-refractivity contribution in [1.29, 1.82) is 0 Å². The van der Waals surface area contributed by atoms with Crippen molar-refractivity contribution in [3.63, 3.8) is 0 Å². The van der Waals surface area contributed by atoms with Crippen molar-refractivity contribution in [2.75, 3.05) is 25.4 Å². The zero-order valence-corrected chi connectivity index (χ0v) is 6.56. The van der Waals surface area contributed by atoms with Crippen molar-refractivity contribution in [3.8, 4) is 0 Å². The third kappa shape index (κ3) is 1.61. The Hall–Kier alpha value is -0.180. The number of rotatable bonds is 2. The highest BCUT2D eigenvalue weighted by Gasteiger charge is 2.09. The molecule has 1 aliphatic heterocycles. The van der Waals surface area contributed by atoms with Crippen molar-refractivity contribution in [1.82, 2.24) is 4.90 Å². The predicted octanol–water partition coefficient (Wildman–Crippen LogP) is 0.650. The molecule has 0 saturated heterocycles. The molecule has 1 rings (SSSR count). The number of nitrogens with zero attached hydrogens (tertiary/aromatic N) is 2. The van der Waals surface area contributed by atoms with Crippen LogP contribution in [0.2, 0.25) is 0 Å². The van der Waals surface area contributed by atoms with Gasteiger partial charge in [0.15, 0.2) is 0 Å². The molecule has 0 unspecified atom stereocenters. The third-order valence-electron chi connectivity index (χ3n) is 1.54. The summed E-state index contributed by atoms with van der Waals surface area (Å²) < 4.78 is 0. The molecule has 0 bridgehead atoms. The summed E-state index contributed by atoms with van der Waals surface area (Å²) in [7, 11) is 0. The minimum atomic E-state index is 0.923. The molecule has 2 nitrogen and oxygen atoms in total. The van der Waals surface area contributed by atoms with Gasteiger partial charge in [0.1, 0.15) is 0 Å². The average Bonchev–Trinajstić information content (AvgIpc) is 2.18. The first kappa shape index (κ1) is 6.93. The maximum Gasteiger partial charge on any atom is 0.0959 e. The van der Waals surface area contributed by atoms with Crippen LogP contribution in [0, 0.1) is 0 Å². The van der Waals surface area contributed by atoms with Crippen LogP contribution in [0.4, 0.5) is 0 Å². The second kappa shape index (κ2) is 3.11. The Morgan fingerprint density at radius 3 is 3.00 bits per heavy atom. The molecule has 9 heavy (non-hydrogen) atoms. The molecule has 0 N–H and O–H groups in total. The van der Waals surface area contributed by atoms with Crippen LogP contribution < -0.4 is 0 Å². The van der Waals surface area contributed by atoms with E-state index in [0.717, 1.165) is 25.4 Å². The van der Waals surface area contributed by atoms with E-state index >= 15 is 0 Å². The first-order valence-electron chi connectivity index (χ1n) is 3.21. The lowest BCUT2D eigenvalue weighted by Gasteiger charge is -2.15. The maximum absolute atomic E-state index is 4.24. The maximum atomic E-state index is 4.24. The lowest BCUT2D eigenvalue weighted by atomic mass is 10.5. The van der Waals surface area contributed by atoms with Gasteiger partial charge in [0.25, 0.3) is 0 Å². The highest BCUT2D eigenvalue weighted by atomic mass is 32.1. The van der Waals surface area contributed by atoms with Gasteiger partial charge < -0.3 is 4.90 Å². The summed E-state index contributed by atoms with van der Waals surface area (Å²) >= 11 is 4.14. The van der Waals surface area contributed by atoms with E-state index in [1.54, 1.807) is 0 Å². The van der Waals surface area contributed by atoms with E-state index in [-0.39, 0.29) is 0 Å². The summed E-state index contributed by atoms with van der Waals surface area (Å²) in [6.07, 6.45) is 0. The van der Waals surface area contributed by atoms with E-state index in [4.69, 9.17) is 0 Å². The van der Waals surface area contributed by atoms with E-state index < -0.39 is 0 Å². The van der Waals surface area contributed by atoms with Crippen molar-refractivity contribution < 1.29 is 0 Å². The fourth-order valence-corrected chi connectivity index (χ4v) is 1.23. The summed E-state index contributed by atoms with van der Waals surface area (Å²) in [5, 5.41) is 0. The van der Waals surface area contributed by atoms with E-state index in [0.29, 0.717) is 0 Å². The minimum Gasteiger partial charge on any atom is -0.358 e. The van der Waals surface area contributed by atoms with Gasteiger partial charge in [-0.2, -0.15) is 12.6 Å². The molecule has 0 amide bonds. The molecule has 0 atom stereocenters. The summed E-state index contributed by atoms with van der Waals surface area (Å²) in [5.41, 5.74) is 0. The molecule has 0 aliphatic carbocycles. The van der Waals surface area contributed by atoms with Gasteiger partial charge in [0, 0.05) is 18.8 Å². The smallest absolute Gasteiger partial charge is 0.0959 e. The Morgan fingerprint density at radius 2 is 2.56 bits per heavy atom. The fourth-order valence-electron chi connectivity index (χ4n) is 0.989. The Balaban J connectivity index is 2.34. The van der Waals surface area contributed by atoms with Gasteiger partial charge in [-0.1, -0.05) is 0 Å². The highest BCUT2D eigenvalue weighted by molar-refractivity contribution is 7.80. The summed E-state index contributed by atoms with van der Waals surface area (Å²) in [5.74, 6) is 2.09. The fraction of sp³-hybridized carbons (Fsp3) is 0.833. The van der Waals surface area contributed by atoms with Gasteiger partial charge in [-0.15, -0.1) is 0 Å². The predicted molar refractivity (Wildman–Crippen MR) is 43.4 cm³/mol. The first-order chi connectivity index (χ1) is 4.34. The van der Waals surface area contributed by atoms with Crippen molar-refractivity contribution >= 4 is 18.5 Å². The minimum absolute atomic E-state index is 0.923. The van der Waals surface area contributed by atoms with Crippen LogP contribution in [0.25, 0.3) is 0 Å². The van der Waals surface area contributed by atoms with Crippen molar-refractivity contribution in [2.24, 2.45) is 4.99 Å². The molecule has 0 aromatic heterocycles. The average molecular weight is 144 g/mol. The van der Waals surface area contributed by atoms with Gasteiger partial charge in [-0.25, -0.2) is 0 Å². The zero-order chi connectivity index (χ0) is 6.69. The molecule has 52 valence electrons. The molecule has 0 aromatic rings. The van der Waals surface area contributed by atoms with Crippen LogP contribution in [-0.2, 0) is 0 Å². The van der Waals surface area contributed by atoms with Crippen LogP contribution in [0.3, 0.4) is 0 Å². The first-order valence-corrected chi connectivity index (χ1v) is 3.84. The topological polar surface area (TPSA) is 15.6 Å². The molecule has 0 spiro atoms. The summed E-state index contributed by atoms with van der Waals surface area (Å²) in [6.45, 7) is 5.15. The Morgan fingerprint density at radius 1 is 1.78 bits per heavy atom. The number of hydrogen-bond acceptors (Lipinski definition) is 3. The summed E-state index contributed by atoms with van der Waals surface area (Å²) in [4.78, 5) is 6.50. The molecule has 1 aliphatic rings. The highest BCUT2D eigenvalue weighted by Crippen LogP contribution is 1.99. The second-order valence-electron chi connectivity index (χ2n) is 2.14. The standard InChI is InChI=1S/C6H12N2S/c1-6-7-2-3-8(6)4-5-9/h9H,2-5H2,1H3. The molecule has 0 aromatic carbocycles. The quantitative estimate of drug-likeness (QED) is 0.563. The monoisotopic (exact) mass is 144 g/mol. The molecule has 0 radical (unpaired) electrons. The molecule has 3 heteroatoms. The van der Waals surface area contributed by atoms with E-state index in [2.05, 4.69) is 29.4 Å². The largest absolute Gasteiger partial charge is 0.358 e. The lowest BCUT2D eigenvalue weighted by Crippen LogP contribution is -2.27. The summed E-state index contributed by atoms with van der Waals surface area (Å²) in [6, 6.07) is 0. The number of amidine groups is 1. The van der Waals surface area contributed by atoms with Crippen LogP contribution in [0.5, 0.6) is 0 Å². The lowest BCUT2D eigenvalue weighted by molar-refractivity contribution is 0.485. The van der Waals surface area contributed by atoms with Gasteiger partial charge >= 0.3 is 0 Å². The van der Waals surface area contributed by atoms with Crippen molar-refractivity contribution in [2.45, 2.75) is 6.92 Å². The zero-order valence-electron chi connectivity index (χ0n) is 5.67. The number of hydrogen-bond donors (Lipinski definition) is 1. The normalized spacial score (nSPS) is 18.4. The van der Waals surface area contributed by atoms with Gasteiger partial charge in [0.05, 0.1) is 12.4 Å². The SMILES string of the molecule is CC1=NCCN1CCS. The Bertz CT molecular complexity index is 122. The van der Waals surface area contributed by atoms with Crippen LogP contribution in [-0.4, -0.2) is 36.1 Å². The van der Waals surface area contributed by atoms with E-state index in [1.807, 2.05) is 0 Å². The van der Waals surface area contributed by atoms with Gasteiger partial charge in [-0.05, 0) is 6.92 Å². The van der Waals surface area contributed by atoms with Crippen LogP contribution >= 0.6 is 12.6 Å². The van der Waals surface area contributed by atoms with Crippen molar-refractivity contribution in [3.05, 3.63) is 0 Å². The van der Waals surface area contributed by atoms with E-state index in [9.17, 15) is 0 Å². The van der Waals surface area contributed by atoms with Crippen LogP contribution in [0.15, 0.2) is 4.99 Å². The van der Waals surface area contributed by atoms with Crippen LogP contribution in [0.1, 0.15) is 6.92 Å². The van der Waals surface area contributed by atoms with Gasteiger partial charge in [-0.3, -0.25) is 4.99 Å². The molecule has 0 saturated carbocycles. The number of thiol groups is 1. The Labute approximate surface area is 61.4 Å². The van der Waals surface area contributed by atoms with E-state index in [1.165, 1.54) is 5.84 Å². The molecular formula is C6H12N2S.